The van der Waals surface area contributed by atoms with Crippen molar-refractivity contribution in [1.29, 1.82) is 0 Å². The van der Waals surface area contributed by atoms with Crippen molar-refractivity contribution >= 4 is 11.9 Å². The lowest BCUT2D eigenvalue weighted by Gasteiger charge is -2.20. The van der Waals surface area contributed by atoms with Gasteiger partial charge in [0, 0.05) is 12.8 Å². The molecule has 0 saturated heterocycles. The highest BCUT2D eigenvalue weighted by Gasteiger charge is 2.18. The van der Waals surface area contributed by atoms with Crippen molar-refractivity contribution in [3.8, 4) is 0 Å². The van der Waals surface area contributed by atoms with E-state index in [0.717, 1.165) is 38.5 Å². The van der Waals surface area contributed by atoms with Gasteiger partial charge < -0.3 is 20.3 Å². The van der Waals surface area contributed by atoms with Crippen LogP contribution in [-0.4, -0.2) is 47.4 Å². The van der Waals surface area contributed by atoms with Crippen LogP contribution in [0.4, 0.5) is 0 Å². The van der Waals surface area contributed by atoms with E-state index in [2.05, 4.69) is 31.3 Å². The number of hydrogen-bond acceptors (Lipinski definition) is 5. The molecule has 0 aliphatic heterocycles. The number of allylic oxidation sites excluding steroid dienone is 3. The van der Waals surface area contributed by atoms with E-state index in [1.165, 1.54) is 430 Å². The lowest BCUT2D eigenvalue weighted by molar-refractivity contribution is -0.143. The summed E-state index contributed by atoms with van der Waals surface area (Å²) in [5.74, 6) is -0.0350. The summed E-state index contributed by atoms with van der Waals surface area (Å²) in [6.07, 6.45) is 108. The summed E-state index contributed by atoms with van der Waals surface area (Å²) in [5, 5.41) is 23.3. The van der Waals surface area contributed by atoms with E-state index in [1.54, 1.807) is 6.08 Å². The molecule has 2 unspecified atom stereocenters. The molecule has 0 aromatic rings. The minimum Gasteiger partial charge on any atom is -0.466 e. The van der Waals surface area contributed by atoms with Gasteiger partial charge in [0.2, 0.25) is 5.91 Å². The summed E-state index contributed by atoms with van der Waals surface area (Å²) >= 11 is 0. The second-order valence-corrected chi connectivity index (χ2v) is 29.9. The smallest absolute Gasteiger partial charge is 0.305 e. The van der Waals surface area contributed by atoms with Gasteiger partial charge in [-0.3, -0.25) is 9.59 Å². The van der Waals surface area contributed by atoms with Crippen LogP contribution in [0.3, 0.4) is 0 Å². The highest BCUT2D eigenvalue weighted by atomic mass is 16.5. The Morgan fingerprint density at radius 2 is 0.505 bits per heavy atom. The first-order valence-corrected chi connectivity index (χ1v) is 43.1. The van der Waals surface area contributed by atoms with Crippen molar-refractivity contribution in [2.45, 2.75) is 508 Å². The van der Waals surface area contributed by atoms with Crippen LogP contribution in [0, 0.1) is 0 Å². The maximum Gasteiger partial charge on any atom is 0.305 e. The standard InChI is InChI=1S/C87H169NO5/c1-3-5-7-9-11-13-15-17-19-21-23-24-25-37-40-44-47-51-55-59-63-67-71-75-79-85(90)84(83-89)88-86(91)80-76-72-68-64-60-56-52-48-45-41-38-35-33-31-29-27-26-28-30-32-34-36-39-42-46-50-54-58-62-66-70-74-78-82-93-87(92)81-77-73-69-65-61-57-53-49-43-22-20-18-16-14-12-10-8-6-4-2/h18,20,75,79,84-85,89-90H,3-17,19,21-74,76-78,80-83H2,1-2H3,(H,88,91)/b20-18-,79-75+. The highest BCUT2D eigenvalue weighted by molar-refractivity contribution is 5.76. The number of unbranched alkanes of at least 4 members (excludes halogenated alkanes) is 69. The Morgan fingerprint density at radius 3 is 0.763 bits per heavy atom. The first kappa shape index (κ1) is 91.3. The van der Waals surface area contributed by atoms with Crippen LogP contribution in [0.5, 0.6) is 0 Å². The fourth-order valence-electron chi connectivity index (χ4n) is 13.9. The molecule has 0 aromatic heterocycles. The Morgan fingerprint density at radius 1 is 0.290 bits per heavy atom. The minimum atomic E-state index is -0.843. The number of carbonyl (C=O) groups excluding carboxylic acids is 2. The lowest BCUT2D eigenvalue weighted by atomic mass is 10.0. The van der Waals surface area contributed by atoms with E-state index >= 15 is 0 Å². The van der Waals surface area contributed by atoms with Gasteiger partial charge in [0.25, 0.3) is 0 Å². The maximum atomic E-state index is 12.6. The number of aliphatic hydroxyl groups is 2. The van der Waals surface area contributed by atoms with Crippen LogP contribution < -0.4 is 5.32 Å². The average Bonchev–Trinajstić information content (AvgIpc) is 3.78. The van der Waals surface area contributed by atoms with Crippen LogP contribution in [0.1, 0.15) is 495 Å². The van der Waals surface area contributed by atoms with Gasteiger partial charge in [0.15, 0.2) is 0 Å². The Bertz CT molecular complexity index is 1460. The number of amides is 1. The van der Waals surface area contributed by atoms with Crippen molar-refractivity contribution in [3.05, 3.63) is 24.3 Å². The number of carbonyl (C=O) groups is 2. The molecule has 6 nitrogen and oxygen atoms in total. The van der Waals surface area contributed by atoms with Gasteiger partial charge in [-0.2, -0.15) is 0 Å². The summed E-state index contributed by atoms with van der Waals surface area (Å²) in [4.78, 5) is 24.7. The maximum absolute atomic E-state index is 12.6. The molecule has 0 spiro atoms. The van der Waals surface area contributed by atoms with Gasteiger partial charge in [-0.15, -0.1) is 0 Å². The summed E-state index contributed by atoms with van der Waals surface area (Å²) in [7, 11) is 0. The van der Waals surface area contributed by atoms with Crippen molar-refractivity contribution < 1.29 is 24.5 Å². The number of rotatable bonds is 82. The van der Waals surface area contributed by atoms with Crippen molar-refractivity contribution in [2.24, 2.45) is 0 Å². The molecule has 3 N–H and O–H groups in total. The summed E-state index contributed by atoms with van der Waals surface area (Å²) < 4.78 is 5.52. The monoisotopic (exact) mass is 1310 g/mol. The molecule has 0 aromatic carbocycles. The lowest BCUT2D eigenvalue weighted by Crippen LogP contribution is -2.45. The van der Waals surface area contributed by atoms with Gasteiger partial charge >= 0.3 is 5.97 Å². The van der Waals surface area contributed by atoms with Gasteiger partial charge in [-0.1, -0.05) is 449 Å². The molecule has 6 heteroatoms. The van der Waals surface area contributed by atoms with Crippen LogP contribution >= 0.6 is 0 Å². The zero-order chi connectivity index (χ0) is 67.0. The minimum absolute atomic E-state index is 0.0223. The molecule has 0 aliphatic rings. The van der Waals surface area contributed by atoms with Crippen molar-refractivity contribution in [3.63, 3.8) is 0 Å². The van der Waals surface area contributed by atoms with Crippen LogP contribution in [0.2, 0.25) is 0 Å². The highest BCUT2D eigenvalue weighted by Crippen LogP contribution is 2.21. The molecular weight excluding hydrogens is 1140 g/mol. The SMILES string of the molecule is CCCCCCCC/C=C\CCCCCCCCCCCC(=O)OCCCCCCCCCCCCCCCCCCCCCCCCCCCCCCCCCCCC(=O)NC(CO)C(O)/C=C/CCCCCCCCCCCCCCCCCCCCCCCC. The predicted octanol–water partition coefficient (Wildman–Crippen LogP) is 28.8. The third kappa shape index (κ3) is 79.2. The Kier molecular flexibility index (Phi) is 81.3. The molecule has 0 saturated carbocycles. The van der Waals surface area contributed by atoms with E-state index in [9.17, 15) is 19.8 Å². The van der Waals surface area contributed by atoms with Crippen molar-refractivity contribution in [2.75, 3.05) is 13.2 Å². The topological polar surface area (TPSA) is 95.9 Å². The molecule has 0 radical (unpaired) electrons. The third-order valence-corrected chi connectivity index (χ3v) is 20.5. The number of ether oxygens (including phenoxy) is 1. The summed E-state index contributed by atoms with van der Waals surface area (Å²) in [5.41, 5.74) is 0. The van der Waals surface area contributed by atoms with Crippen LogP contribution in [0.25, 0.3) is 0 Å². The molecule has 0 rings (SSSR count). The zero-order valence-electron chi connectivity index (χ0n) is 63.5. The molecule has 0 aliphatic carbocycles. The molecule has 0 bridgehead atoms. The normalized spacial score (nSPS) is 12.5. The molecule has 552 valence electrons. The quantitative estimate of drug-likeness (QED) is 0.0320. The van der Waals surface area contributed by atoms with E-state index in [0.29, 0.717) is 19.4 Å². The molecule has 0 fully saturated rings. The number of esters is 1. The Hall–Kier alpha value is -1.66. The van der Waals surface area contributed by atoms with Gasteiger partial charge in [-0.05, 0) is 57.8 Å². The summed E-state index contributed by atoms with van der Waals surface area (Å²) in [6, 6.07) is -0.626. The number of aliphatic hydroxyl groups excluding tert-OH is 2. The zero-order valence-corrected chi connectivity index (χ0v) is 63.5. The van der Waals surface area contributed by atoms with Gasteiger partial charge in [0.05, 0.1) is 25.4 Å². The van der Waals surface area contributed by atoms with E-state index in [-0.39, 0.29) is 18.5 Å². The largest absolute Gasteiger partial charge is 0.466 e. The Balaban J connectivity index is 3.33. The molecular formula is C87H169NO5. The summed E-state index contributed by atoms with van der Waals surface area (Å²) in [6.45, 7) is 4.96. The molecule has 0 heterocycles. The number of hydrogen-bond donors (Lipinski definition) is 3. The van der Waals surface area contributed by atoms with Gasteiger partial charge in [-0.25, -0.2) is 0 Å². The van der Waals surface area contributed by atoms with Crippen molar-refractivity contribution in [1.82, 2.24) is 5.32 Å². The van der Waals surface area contributed by atoms with E-state index < -0.39 is 12.1 Å². The molecule has 1 amide bonds. The van der Waals surface area contributed by atoms with Crippen LogP contribution in [0.15, 0.2) is 24.3 Å². The Labute approximate surface area is 583 Å². The van der Waals surface area contributed by atoms with Crippen LogP contribution in [-0.2, 0) is 14.3 Å². The average molecular weight is 1310 g/mol. The van der Waals surface area contributed by atoms with Gasteiger partial charge in [0.1, 0.15) is 0 Å². The second-order valence-electron chi connectivity index (χ2n) is 29.9. The fraction of sp³-hybridized carbons (Fsp3) is 0.931. The van der Waals surface area contributed by atoms with E-state index in [4.69, 9.17) is 4.74 Å². The first-order chi connectivity index (χ1) is 46.0. The second kappa shape index (κ2) is 82.8. The fourth-order valence-corrected chi connectivity index (χ4v) is 13.9. The predicted molar refractivity (Wildman–Crippen MR) is 412 cm³/mol. The molecule has 2 atom stereocenters. The number of nitrogens with one attached hydrogen (secondary N) is 1. The van der Waals surface area contributed by atoms with E-state index in [1.807, 2.05) is 6.08 Å². The third-order valence-electron chi connectivity index (χ3n) is 20.5. The first-order valence-electron chi connectivity index (χ1n) is 43.1. The molecule has 93 heavy (non-hydrogen) atoms.